The Hall–Kier alpha value is -5.24. The molecule has 4 N–H and O–H groups in total. The quantitative estimate of drug-likeness (QED) is 0.165. The summed E-state index contributed by atoms with van der Waals surface area (Å²) in [5.74, 6) is -0.130. The molecule has 0 aromatic heterocycles. The molecule has 4 aromatic rings. The van der Waals surface area contributed by atoms with Crippen LogP contribution in [0.2, 0.25) is 0 Å². The summed E-state index contributed by atoms with van der Waals surface area (Å²) in [6.07, 6.45) is 0. The van der Waals surface area contributed by atoms with Gasteiger partial charge < -0.3 is 10.2 Å². The Balaban J connectivity index is 1.67. The van der Waals surface area contributed by atoms with Crippen LogP contribution in [0.4, 0.5) is 11.4 Å². The number of aromatic hydroxyl groups is 2. The fraction of sp³-hybridized carbons (Fsp3) is 0. The maximum absolute atomic E-state index is 13.3. The molecule has 0 bridgehead atoms. The molecule has 0 amide bonds. The van der Waals surface area contributed by atoms with Crippen LogP contribution in [0, 0.1) is 10.8 Å². The van der Waals surface area contributed by atoms with Crippen molar-refractivity contribution in [3.05, 3.63) is 104 Å². The van der Waals surface area contributed by atoms with Gasteiger partial charge in [0.15, 0.2) is 10.9 Å². The maximum Gasteiger partial charge on any atom is 0.196 e. The Kier molecular flexibility index (Phi) is 4.52. The number of azo groups is 1. The number of phenolic OH excluding ortho intramolecular Hbond substituents is 2. The van der Waals surface area contributed by atoms with Crippen LogP contribution in [0.1, 0.15) is 0 Å². The monoisotopic (exact) mass is 472 g/mol. The number of benzene rings is 6. The van der Waals surface area contributed by atoms with E-state index in [-0.39, 0.29) is 60.9 Å². The van der Waals surface area contributed by atoms with Gasteiger partial charge in [-0.15, -0.1) is 10.2 Å². The summed E-state index contributed by atoms with van der Waals surface area (Å²) < 4.78 is 0. The lowest BCUT2D eigenvalue weighted by atomic mass is 9.94. The van der Waals surface area contributed by atoms with Crippen molar-refractivity contribution in [1.29, 1.82) is 10.8 Å². The van der Waals surface area contributed by atoms with Gasteiger partial charge in [-0.1, -0.05) is 60.7 Å². The van der Waals surface area contributed by atoms with Crippen molar-refractivity contribution in [2.45, 2.75) is 0 Å². The molecule has 0 saturated carbocycles. The summed E-state index contributed by atoms with van der Waals surface area (Å²) in [6, 6.07) is 19.3. The predicted octanol–water partition coefficient (Wildman–Crippen LogP) is 4.63. The smallest absolute Gasteiger partial charge is 0.196 e. The van der Waals surface area contributed by atoms with Crippen molar-refractivity contribution < 1.29 is 10.2 Å². The molecule has 0 fully saturated rings. The molecule has 8 heteroatoms. The summed E-state index contributed by atoms with van der Waals surface area (Å²) in [4.78, 5) is 26.4. The minimum Gasteiger partial charge on any atom is -0.507 e. The van der Waals surface area contributed by atoms with Gasteiger partial charge in [0.1, 0.15) is 22.5 Å². The molecule has 0 heterocycles. The minimum atomic E-state index is -0.480. The second-order valence-electron chi connectivity index (χ2n) is 8.42. The van der Waals surface area contributed by atoms with E-state index in [1.807, 2.05) is 0 Å². The largest absolute Gasteiger partial charge is 0.507 e. The van der Waals surface area contributed by atoms with E-state index in [1.165, 1.54) is 12.1 Å². The normalized spacial score (nSPS) is 11.9. The van der Waals surface area contributed by atoms with Gasteiger partial charge in [0, 0.05) is 32.5 Å². The number of nitrogens with zero attached hydrogens (tertiary/aromatic N) is 2. The Morgan fingerprint density at radius 1 is 0.639 bits per heavy atom. The SMILES string of the molecule is N=c1cc2c(=O)c3ccccc3c(=O)c-2c(N=Nc2cccc3c(O)c4ccccc4c(O)c23)c1=N. The molecular formula is C28H16N4O4. The first-order valence-corrected chi connectivity index (χ1v) is 11.0. The van der Waals surface area contributed by atoms with Crippen molar-refractivity contribution in [3.63, 3.8) is 0 Å². The standard InChI is InChI=1S/C28H16N4O4/c29-19-12-18-22(28(36)16-9-4-2-7-14(16)26(18)34)24(23(19)30)32-31-20-11-5-10-17-21(20)27(35)15-8-3-1-6-13(15)25(17)33/h1-12,29-30,33,35H. The van der Waals surface area contributed by atoms with Crippen molar-refractivity contribution in [2.75, 3.05) is 0 Å². The third kappa shape index (κ3) is 2.88. The zero-order valence-electron chi connectivity index (χ0n) is 18.5. The summed E-state index contributed by atoms with van der Waals surface area (Å²) >= 11 is 0. The lowest BCUT2D eigenvalue weighted by Crippen LogP contribution is -2.29. The molecule has 172 valence electrons. The number of fused-ring (bicyclic) bond motifs is 4. The van der Waals surface area contributed by atoms with Crippen LogP contribution in [-0.2, 0) is 0 Å². The van der Waals surface area contributed by atoms with Gasteiger partial charge in [-0.05, 0) is 12.1 Å². The molecule has 4 aromatic carbocycles. The third-order valence-corrected chi connectivity index (χ3v) is 6.42. The van der Waals surface area contributed by atoms with Crippen LogP contribution >= 0.6 is 0 Å². The van der Waals surface area contributed by atoms with Gasteiger partial charge in [0.25, 0.3) is 0 Å². The molecule has 6 rings (SSSR count). The molecule has 0 atom stereocenters. The number of phenols is 2. The molecule has 2 aliphatic rings. The molecule has 0 unspecified atom stereocenters. The fourth-order valence-electron chi connectivity index (χ4n) is 4.69. The van der Waals surface area contributed by atoms with E-state index in [0.717, 1.165) is 0 Å². The summed E-state index contributed by atoms with van der Waals surface area (Å²) in [6.45, 7) is 0. The summed E-state index contributed by atoms with van der Waals surface area (Å²) in [7, 11) is 0. The molecule has 36 heavy (non-hydrogen) atoms. The van der Waals surface area contributed by atoms with E-state index in [1.54, 1.807) is 60.7 Å². The van der Waals surface area contributed by atoms with Gasteiger partial charge in [-0.25, -0.2) is 0 Å². The molecule has 8 nitrogen and oxygen atoms in total. The van der Waals surface area contributed by atoms with E-state index in [9.17, 15) is 19.8 Å². The minimum absolute atomic E-state index is 0.00180. The van der Waals surface area contributed by atoms with E-state index >= 15 is 0 Å². The van der Waals surface area contributed by atoms with Gasteiger partial charge >= 0.3 is 0 Å². The zero-order chi connectivity index (χ0) is 25.1. The van der Waals surface area contributed by atoms with E-state index < -0.39 is 10.9 Å². The third-order valence-electron chi connectivity index (χ3n) is 6.42. The predicted molar refractivity (Wildman–Crippen MR) is 136 cm³/mol. The zero-order valence-corrected chi connectivity index (χ0v) is 18.5. The van der Waals surface area contributed by atoms with Crippen LogP contribution in [0.25, 0.3) is 43.4 Å². The average molecular weight is 472 g/mol. The molecule has 0 spiro atoms. The second-order valence-corrected chi connectivity index (χ2v) is 8.42. The average Bonchev–Trinajstić information content (AvgIpc) is 2.90. The van der Waals surface area contributed by atoms with Gasteiger partial charge in [0.2, 0.25) is 0 Å². The molecule has 0 saturated heterocycles. The van der Waals surface area contributed by atoms with Gasteiger partial charge in [-0.3, -0.25) is 20.4 Å². The number of rotatable bonds is 2. The fourth-order valence-corrected chi connectivity index (χ4v) is 4.69. The van der Waals surface area contributed by atoms with E-state index in [0.29, 0.717) is 16.2 Å². The van der Waals surface area contributed by atoms with Crippen LogP contribution in [-0.4, -0.2) is 10.2 Å². The summed E-state index contributed by atoms with van der Waals surface area (Å²) in [5.41, 5.74) is -1.01. The number of nitrogens with one attached hydrogen (secondary N) is 2. The Morgan fingerprint density at radius 2 is 1.22 bits per heavy atom. The summed E-state index contributed by atoms with van der Waals surface area (Å²) in [5, 5.41) is 48.1. The Labute approximate surface area is 201 Å². The van der Waals surface area contributed by atoms with Crippen molar-refractivity contribution in [3.8, 4) is 22.6 Å². The highest BCUT2D eigenvalue weighted by Gasteiger charge is 2.22. The highest BCUT2D eigenvalue weighted by Crippen LogP contribution is 2.45. The van der Waals surface area contributed by atoms with Crippen molar-refractivity contribution in [2.24, 2.45) is 10.2 Å². The Morgan fingerprint density at radius 3 is 1.92 bits per heavy atom. The van der Waals surface area contributed by atoms with Crippen LogP contribution in [0.5, 0.6) is 11.5 Å². The topological polar surface area (TPSA) is 147 Å². The maximum atomic E-state index is 13.3. The van der Waals surface area contributed by atoms with E-state index in [4.69, 9.17) is 10.8 Å². The molecule has 0 radical (unpaired) electrons. The first-order chi connectivity index (χ1) is 17.4. The first-order valence-electron chi connectivity index (χ1n) is 11.0. The number of hydrogen-bond acceptors (Lipinski definition) is 8. The highest BCUT2D eigenvalue weighted by atomic mass is 16.3. The molecular weight excluding hydrogens is 456 g/mol. The van der Waals surface area contributed by atoms with Gasteiger partial charge in [0.05, 0.1) is 22.0 Å². The number of hydrogen-bond donors (Lipinski definition) is 4. The highest BCUT2D eigenvalue weighted by molar-refractivity contribution is 6.14. The Bertz CT molecular complexity index is 2110. The lowest BCUT2D eigenvalue weighted by Gasteiger charge is -2.11. The lowest BCUT2D eigenvalue weighted by molar-refractivity contribution is 0.478. The van der Waals surface area contributed by atoms with Crippen molar-refractivity contribution >= 4 is 43.7 Å². The van der Waals surface area contributed by atoms with Crippen LogP contribution in [0.15, 0.2) is 92.6 Å². The van der Waals surface area contributed by atoms with Crippen LogP contribution < -0.4 is 21.6 Å². The molecule has 2 aliphatic carbocycles. The molecule has 0 aliphatic heterocycles. The first kappa shape index (κ1) is 21.3. The van der Waals surface area contributed by atoms with Crippen molar-refractivity contribution in [1.82, 2.24) is 0 Å². The van der Waals surface area contributed by atoms with Gasteiger partial charge in [-0.2, -0.15) is 0 Å². The van der Waals surface area contributed by atoms with Crippen LogP contribution in [0.3, 0.4) is 0 Å². The van der Waals surface area contributed by atoms with E-state index in [2.05, 4.69) is 10.2 Å². The second kappa shape index (κ2) is 7.64.